The second-order valence-electron chi connectivity index (χ2n) is 2.63. The zero-order valence-corrected chi connectivity index (χ0v) is 8.99. The highest BCUT2D eigenvalue weighted by Gasteiger charge is 2.10. The second-order valence-corrected chi connectivity index (χ2v) is 3.42. The maximum absolute atomic E-state index is 11.6. The molecular formula is C9H11BrN2O. The lowest BCUT2D eigenvalue weighted by Gasteiger charge is -2.14. The lowest BCUT2D eigenvalue weighted by atomic mass is 10.3. The summed E-state index contributed by atoms with van der Waals surface area (Å²) in [7, 11) is 1.76. The lowest BCUT2D eigenvalue weighted by Crippen LogP contribution is -2.29. The third-order valence-corrected chi connectivity index (χ3v) is 2.01. The largest absolute Gasteiger partial charge is 0.340 e. The van der Waals surface area contributed by atoms with Gasteiger partial charge in [0.05, 0.1) is 0 Å². The molecule has 0 aliphatic rings. The van der Waals surface area contributed by atoms with Crippen LogP contribution >= 0.6 is 15.9 Å². The average Bonchev–Trinajstić information content (AvgIpc) is 2.18. The van der Waals surface area contributed by atoms with Crippen LogP contribution in [0.4, 0.5) is 0 Å². The molecule has 0 bridgehead atoms. The monoisotopic (exact) mass is 242 g/mol. The van der Waals surface area contributed by atoms with Crippen molar-refractivity contribution in [2.24, 2.45) is 0 Å². The quantitative estimate of drug-likeness (QED) is 0.754. The van der Waals surface area contributed by atoms with Crippen LogP contribution in [-0.4, -0.2) is 34.7 Å². The maximum Gasteiger partial charge on any atom is 0.272 e. The predicted molar refractivity (Wildman–Crippen MR) is 55.0 cm³/mol. The number of amides is 1. The van der Waals surface area contributed by atoms with E-state index in [0.717, 1.165) is 5.33 Å². The van der Waals surface area contributed by atoms with Gasteiger partial charge < -0.3 is 4.90 Å². The van der Waals surface area contributed by atoms with E-state index in [1.807, 2.05) is 6.07 Å². The van der Waals surface area contributed by atoms with Gasteiger partial charge in [-0.25, -0.2) is 0 Å². The predicted octanol–water partition coefficient (Wildman–Crippen LogP) is 1.55. The number of rotatable bonds is 3. The van der Waals surface area contributed by atoms with Gasteiger partial charge in [-0.2, -0.15) is 0 Å². The molecule has 3 nitrogen and oxygen atoms in total. The summed E-state index contributed by atoms with van der Waals surface area (Å²) in [5.41, 5.74) is 0.492. The van der Waals surface area contributed by atoms with Crippen LogP contribution in [0.15, 0.2) is 24.4 Å². The van der Waals surface area contributed by atoms with E-state index in [9.17, 15) is 4.79 Å². The van der Waals surface area contributed by atoms with Gasteiger partial charge >= 0.3 is 0 Å². The number of pyridine rings is 1. The molecule has 0 spiro atoms. The van der Waals surface area contributed by atoms with Gasteiger partial charge in [-0.1, -0.05) is 22.0 Å². The Morgan fingerprint density at radius 1 is 1.62 bits per heavy atom. The van der Waals surface area contributed by atoms with E-state index in [0.29, 0.717) is 12.2 Å². The smallest absolute Gasteiger partial charge is 0.272 e. The first-order chi connectivity index (χ1) is 6.25. The first-order valence-electron chi connectivity index (χ1n) is 3.98. The average molecular weight is 243 g/mol. The fraction of sp³-hybridized carbons (Fsp3) is 0.333. The minimum Gasteiger partial charge on any atom is -0.340 e. The minimum atomic E-state index is -0.0416. The molecule has 4 heteroatoms. The lowest BCUT2D eigenvalue weighted by molar-refractivity contribution is 0.0798. The highest BCUT2D eigenvalue weighted by Crippen LogP contribution is 1.99. The van der Waals surface area contributed by atoms with Crippen molar-refractivity contribution in [3.8, 4) is 0 Å². The molecule has 1 heterocycles. The summed E-state index contributed by atoms with van der Waals surface area (Å²) in [6.07, 6.45) is 1.62. The second kappa shape index (κ2) is 4.97. The molecule has 0 aliphatic carbocycles. The maximum atomic E-state index is 11.6. The van der Waals surface area contributed by atoms with E-state index in [2.05, 4.69) is 20.9 Å². The SMILES string of the molecule is CN(CCBr)C(=O)c1ccccn1. The van der Waals surface area contributed by atoms with E-state index in [-0.39, 0.29) is 5.91 Å². The van der Waals surface area contributed by atoms with E-state index in [1.165, 1.54) is 0 Å². The summed E-state index contributed by atoms with van der Waals surface area (Å²) >= 11 is 3.28. The van der Waals surface area contributed by atoms with Gasteiger partial charge in [-0.3, -0.25) is 9.78 Å². The Balaban J connectivity index is 2.68. The normalized spacial score (nSPS) is 9.69. The van der Waals surface area contributed by atoms with Crippen LogP contribution in [0, 0.1) is 0 Å². The topological polar surface area (TPSA) is 33.2 Å². The number of carbonyl (C=O) groups excluding carboxylic acids is 1. The van der Waals surface area contributed by atoms with Crippen molar-refractivity contribution in [3.05, 3.63) is 30.1 Å². The highest BCUT2D eigenvalue weighted by atomic mass is 79.9. The Bertz CT molecular complexity index is 276. The standard InChI is InChI=1S/C9H11BrN2O/c1-12(7-5-10)9(13)8-4-2-3-6-11-8/h2-4,6H,5,7H2,1H3. The molecule has 1 aromatic heterocycles. The number of aromatic nitrogens is 1. The molecule has 0 N–H and O–H groups in total. The Labute approximate surface area is 85.9 Å². The molecular weight excluding hydrogens is 232 g/mol. The van der Waals surface area contributed by atoms with Gasteiger partial charge in [-0.05, 0) is 12.1 Å². The van der Waals surface area contributed by atoms with Gasteiger partial charge in [-0.15, -0.1) is 0 Å². The van der Waals surface area contributed by atoms with Crippen molar-refractivity contribution in [3.63, 3.8) is 0 Å². The van der Waals surface area contributed by atoms with Crippen LogP contribution < -0.4 is 0 Å². The summed E-state index contributed by atoms with van der Waals surface area (Å²) in [5, 5.41) is 0.780. The number of nitrogens with zero attached hydrogens (tertiary/aromatic N) is 2. The third kappa shape index (κ3) is 2.81. The van der Waals surface area contributed by atoms with Crippen LogP contribution in [0.2, 0.25) is 0 Å². The van der Waals surface area contributed by atoms with Crippen molar-refractivity contribution in [1.82, 2.24) is 9.88 Å². The Kier molecular flexibility index (Phi) is 3.89. The Morgan fingerprint density at radius 2 is 2.38 bits per heavy atom. The fourth-order valence-corrected chi connectivity index (χ4v) is 1.45. The summed E-state index contributed by atoms with van der Waals surface area (Å²) in [6.45, 7) is 0.690. The van der Waals surface area contributed by atoms with Crippen molar-refractivity contribution in [1.29, 1.82) is 0 Å². The molecule has 1 amide bonds. The van der Waals surface area contributed by atoms with Crippen molar-refractivity contribution in [2.45, 2.75) is 0 Å². The molecule has 0 unspecified atom stereocenters. The van der Waals surface area contributed by atoms with Gasteiger partial charge in [0, 0.05) is 25.1 Å². The molecule has 0 aromatic carbocycles. The van der Waals surface area contributed by atoms with Crippen molar-refractivity contribution < 1.29 is 4.79 Å². The van der Waals surface area contributed by atoms with Gasteiger partial charge in [0.1, 0.15) is 5.69 Å². The summed E-state index contributed by atoms with van der Waals surface area (Å²) in [6, 6.07) is 5.32. The molecule has 0 saturated carbocycles. The Morgan fingerprint density at radius 3 is 2.92 bits per heavy atom. The zero-order chi connectivity index (χ0) is 9.68. The molecule has 0 radical (unpaired) electrons. The van der Waals surface area contributed by atoms with Crippen LogP contribution in [0.25, 0.3) is 0 Å². The summed E-state index contributed by atoms with van der Waals surface area (Å²) in [4.78, 5) is 17.2. The minimum absolute atomic E-state index is 0.0416. The first kappa shape index (κ1) is 10.2. The van der Waals surface area contributed by atoms with Gasteiger partial charge in [0.15, 0.2) is 0 Å². The molecule has 1 aromatic rings. The number of hydrogen-bond acceptors (Lipinski definition) is 2. The summed E-state index contributed by atoms with van der Waals surface area (Å²) in [5.74, 6) is -0.0416. The molecule has 0 fully saturated rings. The molecule has 70 valence electrons. The third-order valence-electron chi connectivity index (χ3n) is 1.65. The van der Waals surface area contributed by atoms with Crippen LogP contribution in [0.3, 0.4) is 0 Å². The van der Waals surface area contributed by atoms with E-state index < -0.39 is 0 Å². The summed E-state index contributed by atoms with van der Waals surface area (Å²) < 4.78 is 0. The van der Waals surface area contributed by atoms with Gasteiger partial charge in [0.2, 0.25) is 0 Å². The number of halogens is 1. The van der Waals surface area contributed by atoms with Crippen LogP contribution in [-0.2, 0) is 0 Å². The number of carbonyl (C=O) groups is 1. The molecule has 0 saturated heterocycles. The first-order valence-corrected chi connectivity index (χ1v) is 5.10. The van der Waals surface area contributed by atoms with Gasteiger partial charge in [0.25, 0.3) is 5.91 Å². The van der Waals surface area contributed by atoms with Crippen molar-refractivity contribution in [2.75, 3.05) is 18.9 Å². The number of alkyl halides is 1. The molecule has 0 aliphatic heterocycles. The highest BCUT2D eigenvalue weighted by molar-refractivity contribution is 9.09. The Hall–Kier alpha value is -0.900. The zero-order valence-electron chi connectivity index (χ0n) is 7.40. The van der Waals surface area contributed by atoms with E-state index in [4.69, 9.17) is 0 Å². The van der Waals surface area contributed by atoms with E-state index in [1.54, 1.807) is 30.3 Å². The van der Waals surface area contributed by atoms with Crippen LogP contribution in [0.5, 0.6) is 0 Å². The van der Waals surface area contributed by atoms with E-state index >= 15 is 0 Å². The number of hydrogen-bond donors (Lipinski definition) is 0. The molecule has 13 heavy (non-hydrogen) atoms. The molecule has 1 rings (SSSR count). The fourth-order valence-electron chi connectivity index (χ4n) is 0.913. The molecule has 0 atom stereocenters. The van der Waals surface area contributed by atoms with Crippen LogP contribution in [0.1, 0.15) is 10.5 Å². The van der Waals surface area contributed by atoms with Crippen molar-refractivity contribution >= 4 is 21.8 Å².